The van der Waals surface area contributed by atoms with Gasteiger partial charge in [-0.1, -0.05) is 27.5 Å². The molecule has 2 N–H and O–H groups in total. The second kappa shape index (κ2) is 12.4. The molecular weight excluding hydrogens is 608 g/mol. The van der Waals surface area contributed by atoms with Crippen molar-refractivity contribution in [3.8, 4) is 0 Å². The van der Waals surface area contributed by atoms with Crippen molar-refractivity contribution in [3.63, 3.8) is 0 Å². The van der Waals surface area contributed by atoms with Crippen molar-refractivity contribution in [2.24, 2.45) is 0 Å². The largest absolute Gasteiger partial charge is 0.462 e. The van der Waals surface area contributed by atoms with Crippen LogP contribution in [0.2, 0.25) is 5.02 Å². The number of thiocarbonyl (C=S) groups is 1. The normalized spacial score (nSPS) is 14.8. The molecule has 4 rings (SSSR count). The number of nitrogens with one attached hydrogen (secondary N) is 2. The van der Waals surface area contributed by atoms with Crippen LogP contribution in [0, 0.1) is 0 Å². The number of carbonyl (C=O) groups is 4. The zero-order valence-electron chi connectivity index (χ0n) is 20.5. The highest BCUT2D eigenvalue weighted by Gasteiger charge is 2.45. The van der Waals surface area contributed by atoms with Gasteiger partial charge < -0.3 is 10.1 Å². The van der Waals surface area contributed by atoms with Crippen LogP contribution in [0.4, 0.5) is 11.4 Å². The Morgan fingerprint density at radius 2 is 1.59 bits per heavy atom. The molecule has 1 heterocycles. The van der Waals surface area contributed by atoms with Crippen molar-refractivity contribution in [1.82, 2.24) is 10.4 Å². The van der Waals surface area contributed by atoms with Gasteiger partial charge in [0.25, 0.3) is 11.8 Å². The number of benzene rings is 3. The van der Waals surface area contributed by atoms with E-state index in [0.717, 1.165) is 4.47 Å². The molecule has 0 saturated carbocycles. The number of hydrogen-bond donors (Lipinski definition) is 2. The van der Waals surface area contributed by atoms with Gasteiger partial charge in [-0.05, 0) is 91.9 Å². The molecule has 0 bridgehead atoms. The fraction of sp³-hybridized carbons (Fsp3) is 0.148. The third kappa shape index (κ3) is 6.62. The Balaban J connectivity index is 1.54. The quantitative estimate of drug-likeness (QED) is 0.268. The lowest BCUT2D eigenvalue weighted by Gasteiger charge is -2.24. The summed E-state index contributed by atoms with van der Waals surface area (Å²) in [4.78, 5) is 52.6. The Morgan fingerprint density at radius 3 is 2.21 bits per heavy atom. The summed E-state index contributed by atoms with van der Waals surface area (Å²) < 4.78 is 5.76. The fourth-order valence-electron chi connectivity index (χ4n) is 3.79. The first kappa shape index (κ1) is 28.2. The van der Waals surface area contributed by atoms with Crippen LogP contribution in [-0.4, -0.2) is 46.5 Å². The molecule has 39 heavy (non-hydrogen) atoms. The van der Waals surface area contributed by atoms with Crippen molar-refractivity contribution in [2.45, 2.75) is 19.4 Å². The SMILES string of the molecule is CCOC(=O)c1ccc(NC(=O)CC2C(=O)N(c3ccc(Cl)cc3)C(=S)N2NC(=O)c2ccc(Br)cc2)cc1. The lowest BCUT2D eigenvalue weighted by Crippen LogP contribution is -2.49. The number of hydrazine groups is 1. The van der Waals surface area contributed by atoms with Crippen molar-refractivity contribution >= 4 is 79.9 Å². The average Bonchev–Trinajstić information content (AvgIpc) is 3.14. The van der Waals surface area contributed by atoms with Crippen LogP contribution in [0.1, 0.15) is 34.1 Å². The molecule has 12 heteroatoms. The van der Waals surface area contributed by atoms with E-state index in [1.165, 1.54) is 22.0 Å². The standard InChI is InChI=1S/C27H22BrClN4O5S/c1-2-38-26(37)17-5-11-20(12-6-17)30-23(34)15-22-25(36)32(21-13-9-19(29)10-14-21)27(39)33(22)31-24(35)16-3-7-18(28)8-4-16/h3-14,22H,2,15H2,1H3,(H,30,34)(H,31,35). The minimum Gasteiger partial charge on any atom is -0.462 e. The van der Waals surface area contributed by atoms with Gasteiger partial charge in [0, 0.05) is 20.7 Å². The summed E-state index contributed by atoms with van der Waals surface area (Å²) in [5.41, 5.74) is 4.21. The molecule has 3 aromatic rings. The predicted molar refractivity (Wildman–Crippen MR) is 154 cm³/mol. The maximum Gasteiger partial charge on any atom is 0.338 e. The van der Waals surface area contributed by atoms with Gasteiger partial charge in [0.2, 0.25) is 11.0 Å². The second-order valence-corrected chi connectivity index (χ2v) is 10.0. The number of amides is 3. The van der Waals surface area contributed by atoms with Gasteiger partial charge >= 0.3 is 5.97 Å². The molecular formula is C27H22BrClN4O5S. The van der Waals surface area contributed by atoms with Crippen LogP contribution in [0.3, 0.4) is 0 Å². The molecule has 0 aromatic heterocycles. The van der Waals surface area contributed by atoms with Crippen LogP contribution >= 0.6 is 39.7 Å². The first-order valence-electron chi connectivity index (χ1n) is 11.7. The first-order valence-corrected chi connectivity index (χ1v) is 13.3. The topological polar surface area (TPSA) is 108 Å². The van der Waals surface area contributed by atoms with E-state index >= 15 is 0 Å². The zero-order chi connectivity index (χ0) is 28.1. The molecule has 1 saturated heterocycles. The number of esters is 1. The number of hydrogen-bond acceptors (Lipinski definition) is 6. The third-order valence-electron chi connectivity index (χ3n) is 5.69. The number of rotatable bonds is 8. The van der Waals surface area contributed by atoms with Gasteiger partial charge in [-0.25, -0.2) is 9.80 Å². The zero-order valence-corrected chi connectivity index (χ0v) is 23.7. The van der Waals surface area contributed by atoms with Crippen LogP contribution in [0.15, 0.2) is 77.3 Å². The number of halogens is 2. The van der Waals surface area contributed by atoms with E-state index in [0.29, 0.717) is 27.5 Å². The molecule has 0 spiro atoms. The predicted octanol–water partition coefficient (Wildman–Crippen LogP) is 4.96. The summed E-state index contributed by atoms with van der Waals surface area (Å²) in [5, 5.41) is 4.41. The van der Waals surface area contributed by atoms with Crippen molar-refractivity contribution < 1.29 is 23.9 Å². The molecule has 3 amide bonds. The van der Waals surface area contributed by atoms with Gasteiger partial charge in [0.15, 0.2) is 0 Å². The minimum absolute atomic E-state index is 0.00405. The van der Waals surface area contributed by atoms with Gasteiger partial charge in [-0.2, -0.15) is 0 Å². The van der Waals surface area contributed by atoms with Crippen LogP contribution in [-0.2, 0) is 14.3 Å². The Labute approximate surface area is 243 Å². The van der Waals surface area contributed by atoms with Crippen molar-refractivity contribution in [3.05, 3.63) is 93.4 Å². The molecule has 0 radical (unpaired) electrons. The highest BCUT2D eigenvalue weighted by molar-refractivity contribution is 9.10. The van der Waals surface area contributed by atoms with E-state index in [1.807, 2.05) is 0 Å². The molecule has 3 aromatic carbocycles. The van der Waals surface area contributed by atoms with E-state index in [1.54, 1.807) is 67.6 Å². The second-order valence-electron chi connectivity index (χ2n) is 8.32. The van der Waals surface area contributed by atoms with Gasteiger partial charge in [-0.3, -0.25) is 24.7 Å². The summed E-state index contributed by atoms with van der Waals surface area (Å²) in [6.45, 7) is 1.96. The van der Waals surface area contributed by atoms with E-state index in [4.69, 9.17) is 28.6 Å². The highest BCUT2D eigenvalue weighted by Crippen LogP contribution is 2.28. The van der Waals surface area contributed by atoms with Gasteiger partial charge in [-0.15, -0.1) is 0 Å². The lowest BCUT2D eigenvalue weighted by atomic mass is 10.1. The molecule has 200 valence electrons. The Kier molecular flexibility index (Phi) is 8.95. The molecule has 1 aliphatic heterocycles. The van der Waals surface area contributed by atoms with Crippen molar-refractivity contribution in [2.75, 3.05) is 16.8 Å². The van der Waals surface area contributed by atoms with Crippen LogP contribution < -0.4 is 15.6 Å². The molecule has 9 nitrogen and oxygen atoms in total. The molecule has 1 aliphatic rings. The maximum absolute atomic E-state index is 13.5. The first-order chi connectivity index (χ1) is 18.7. The highest BCUT2D eigenvalue weighted by atomic mass is 79.9. The van der Waals surface area contributed by atoms with E-state index in [2.05, 4.69) is 26.7 Å². The third-order valence-corrected chi connectivity index (χ3v) is 6.85. The summed E-state index contributed by atoms with van der Waals surface area (Å²) in [6.07, 6.45) is -0.316. The Bertz CT molecular complexity index is 1420. The summed E-state index contributed by atoms with van der Waals surface area (Å²) in [7, 11) is 0. The number of nitrogens with zero attached hydrogens (tertiary/aromatic N) is 2. The molecule has 1 fully saturated rings. The summed E-state index contributed by atoms with van der Waals surface area (Å²) >= 11 is 14.9. The van der Waals surface area contributed by atoms with Gasteiger partial charge in [0.1, 0.15) is 6.04 Å². The lowest BCUT2D eigenvalue weighted by molar-refractivity contribution is -0.124. The van der Waals surface area contributed by atoms with E-state index in [-0.39, 0.29) is 18.1 Å². The maximum atomic E-state index is 13.5. The van der Waals surface area contributed by atoms with Gasteiger partial charge in [0.05, 0.1) is 24.3 Å². The number of ether oxygens (including phenoxy) is 1. The molecule has 1 atom stereocenters. The summed E-state index contributed by atoms with van der Waals surface area (Å²) in [5.74, 6) is -1.97. The number of anilines is 2. The molecule has 0 aliphatic carbocycles. The van der Waals surface area contributed by atoms with E-state index < -0.39 is 29.7 Å². The minimum atomic E-state index is -1.12. The monoisotopic (exact) mass is 628 g/mol. The van der Waals surface area contributed by atoms with Crippen LogP contribution in [0.25, 0.3) is 0 Å². The fourth-order valence-corrected chi connectivity index (χ4v) is 4.55. The average molecular weight is 630 g/mol. The van der Waals surface area contributed by atoms with E-state index in [9.17, 15) is 19.2 Å². The van der Waals surface area contributed by atoms with Crippen LogP contribution in [0.5, 0.6) is 0 Å². The Morgan fingerprint density at radius 1 is 0.974 bits per heavy atom. The van der Waals surface area contributed by atoms with Crippen molar-refractivity contribution in [1.29, 1.82) is 0 Å². The number of carbonyl (C=O) groups excluding carboxylic acids is 4. The summed E-state index contributed by atoms with van der Waals surface area (Å²) in [6, 6.07) is 18.1. The smallest absolute Gasteiger partial charge is 0.338 e. The Hall–Kier alpha value is -3.80. The molecule has 1 unspecified atom stereocenters.